The zero-order chi connectivity index (χ0) is 24.9. The van der Waals surface area contributed by atoms with E-state index in [0.717, 1.165) is 43.6 Å². The molecule has 1 amide bonds. The molecule has 5 rings (SSSR count). The van der Waals surface area contributed by atoms with Gasteiger partial charge in [0.05, 0.1) is 0 Å². The van der Waals surface area contributed by atoms with Crippen LogP contribution < -0.4 is 0 Å². The fourth-order valence-electron chi connectivity index (χ4n) is 6.29. The number of carbonyl (C=O) groups excluding carboxylic acids is 1. The van der Waals surface area contributed by atoms with Gasteiger partial charge in [0.1, 0.15) is 5.82 Å². The summed E-state index contributed by atoms with van der Waals surface area (Å²) in [7, 11) is 0. The van der Waals surface area contributed by atoms with E-state index < -0.39 is 0 Å². The molecule has 0 spiro atoms. The van der Waals surface area contributed by atoms with Gasteiger partial charge in [0.2, 0.25) is 0 Å². The molecule has 0 N–H and O–H groups in total. The number of nitrogens with zero attached hydrogens (tertiary/aromatic N) is 2. The van der Waals surface area contributed by atoms with Gasteiger partial charge < -0.3 is 4.90 Å². The van der Waals surface area contributed by atoms with Crippen LogP contribution in [0, 0.1) is 18.7 Å². The quantitative estimate of drug-likeness (QED) is 0.367. The molecule has 188 valence electrons. The molecule has 1 saturated heterocycles. The Morgan fingerprint density at radius 2 is 1.58 bits per heavy atom. The highest BCUT2D eigenvalue weighted by atomic mass is 19.1. The molecule has 3 aromatic carbocycles. The van der Waals surface area contributed by atoms with E-state index in [1.807, 2.05) is 42.5 Å². The molecule has 1 aliphatic heterocycles. The lowest BCUT2D eigenvalue weighted by Crippen LogP contribution is -2.45. The van der Waals surface area contributed by atoms with Crippen molar-refractivity contribution >= 4 is 5.91 Å². The van der Waals surface area contributed by atoms with Gasteiger partial charge in [-0.25, -0.2) is 4.39 Å². The van der Waals surface area contributed by atoms with E-state index in [4.69, 9.17) is 0 Å². The van der Waals surface area contributed by atoms with E-state index in [1.54, 1.807) is 12.1 Å². The van der Waals surface area contributed by atoms with E-state index in [1.165, 1.54) is 30.4 Å². The number of halogens is 1. The molecule has 3 nitrogen and oxygen atoms in total. The van der Waals surface area contributed by atoms with Gasteiger partial charge in [-0.15, -0.1) is 0 Å². The van der Waals surface area contributed by atoms with Crippen molar-refractivity contribution in [1.82, 2.24) is 9.80 Å². The van der Waals surface area contributed by atoms with Crippen LogP contribution in [0.2, 0.25) is 0 Å². The molecule has 4 heteroatoms. The number of hydrogen-bond donors (Lipinski definition) is 0. The van der Waals surface area contributed by atoms with E-state index in [-0.39, 0.29) is 11.7 Å². The number of carbonyl (C=O) groups is 1. The largest absolute Gasteiger partial charge is 0.335 e. The van der Waals surface area contributed by atoms with Crippen molar-refractivity contribution in [2.75, 3.05) is 19.6 Å². The van der Waals surface area contributed by atoms with Gasteiger partial charge in [0, 0.05) is 49.3 Å². The van der Waals surface area contributed by atoms with Gasteiger partial charge in [-0.3, -0.25) is 9.69 Å². The van der Waals surface area contributed by atoms with Crippen molar-refractivity contribution in [3.05, 3.63) is 107 Å². The predicted octanol–water partition coefficient (Wildman–Crippen LogP) is 6.82. The molecule has 36 heavy (non-hydrogen) atoms. The molecule has 3 aromatic rings. The lowest BCUT2D eigenvalue weighted by Gasteiger charge is -2.37. The van der Waals surface area contributed by atoms with E-state index in [9.17, 15) is 9.18 Å². The number of aryl methyl sites for hydroxylation is 1. The van der Waals surface area contributed by atoms with Crippen molar-refractivity contribution in [3.63, 3.8) is 0 Å². The van der Waals surface area contributed by atoms with E-state index in [0.29, 0.717) is 24.4 Å². The van der Waals surface area contributed by atoms with Crippen LogP contribution in [0.5, 0.6) is 0 Å². The first-order chi connectivity index (χ1) is 17.6. The van der Waals surface area contributed by atoms with E-state index in [2.05, 4.69) is 41.0 Å². The molecule has 1 aliphatic carbocycles. The zero-order valence-corrected chi connectivity index (χ0v) is 21.3. The van der Waals surface area contributed by atoms with Crippen molar-refractivity contribution in [3.8, 4) is 0 Å². The Morgan fingerprint density at radius 3 is 2.33 bits per heavy atom. The Hall–Kier alpha value is -2.98. The number of hydrogen-bond acceptors (Lipinski definition) is 2. The van der Waals surface area contributed by atoms with Crippen LogP contribution in [-0.2, 0) is 6.54 Å². The molecule has 0 radical (unpaired) electrons. The molecule has 1 heterocycles. The summed E-state index contributed by atoms with van der Waals surface area (Å²) < 4.78 is 14.5. The summed E-state index contributed by atoms with van der Waals surface area (Å²) in [6.07, 6.45) is 5.80. The van der Waals surface area contributed by atoms with Crippen LogP contribution in [0.25, 0.3) is 0 Å². The summed E-state index contributed by atoms with van der Waals surface area (Å²) in [6, 6.07) is 25.8. The highest BCUT2D eigenvalue weighted by molar-refractivity contribution is 5.94. The average molecular weight is 485 g/mol. The molecule has 2 atom stereocenters. The van der Waals surface area contributed by atoms with Crippen molar-refractivity contribution < 1.29 is 9.18 Å². The van der Waals surface area contributed by atoms with Gasteiger partial charge in [0.15, 0.2) is 0 Å². The molecule has 2 aliphatic rings. The maximum absolute atomic E-state index is 14.5. The standard InChI is InChI=1S/C32H37FN2O/c1-24-12-8-10-18-29(24)30-23-34(20-26-15-9-11-19-31(26)33)21-27(30)22-35(28-16-6-3-7-17-28)32(36)25-13-4-2-5-14-25/h2,4-5,8-15,18-19,27-28,30H,3,6-7,16-17,20-23H2,1H3/t27-,30+/m0/s1. The van der Waals surface area contributed by atoms with E-state index >= 15 is 0 Å². The summed E-state index contributed by atoms with van der Waals surface area (Å²) in [4.78, 5) is 18.4. The third-order valence-corrected chi connectivity index (χ3v) is 8.18. The van der Waals surface area contributed by atoms with Crippen LogP contribution in [0.15, 0.2) is 78.9 Å². The topological polar surface area (TPSA) is 23.6 Å². The van der Waals surface area contributed by atoms with Crippen LogP contribution in [-0.4, -0.2) is 41.4 Å². The molecule has 0 bridgehead atoms. The first-order valence-corrected chi connectivity index (χ1v) is 13.5. The third kappa shape index (κ3) is 5.54. The minimum absolute atomic E-state index is 0.142. The zero-order valence-electron chi connectivity index (χ0n) is 21.3. The summed E-state index contributed by atoms with van der Waals surface area (Å²) in [5, 5.41) is 0. The van der Waals surface area contributed by atoms with Crippen molar-refractivity contribution in [1.29, 1.82) is 0 Å². The Balaban J connectivity index is 1.43. The maximum atomic E-state index is 14.5. The summed E-state index contributed by atoms with van der Waals surface area (Å²) in [6.45, 7) is 5.26. The van der Waals surface area contributed by atoms with Crippen LogP contribution in [0.1, 0.15) is 65.1 Å². The predicted molar refractivity (Wildman–Crippen MR) is 143 cm³/mol. The number of likely N-dealkylation sites (tertiary alicyclic amines) is 1. The Labute approximate surface area is 214 Å². The Bertz CT molecular complexity index is 1160. The fourth-order valence-corrected chi connectivity index (χ4v) is 6.29. The number of benzene rings is 3. The van der Waals surface area contributed by atoms with Crippen molar-refractivity contribution in [2.24, 2.45) is 5.92 Å². The van der Waals surface area contributed by atoms with Crippen LogP contribution in [0.4, 0.5) is 4.39 Å². The summed E-state index contributed by atoms with van der Waals surface area (Å²) in [5.41, 5.74) is 4.16. The van der Waals surface area contributed by atoms with Gasteiger partial charge in [-0.2, -0.15) is 0 Å². The molecule has 2 fully saturated rings. The monoisotopic (exact) mass is 484 g/mol. The first kappa shape index (κ1) is 24.7. The van der Waals surface area contributed by atoms with Gasteiger partial charge in [-0.05, 0) is 55.0 Å². The Kier molecular flexibility index (Phi) is 7.81. The molecular weight excluding hydrogens is 447 g/mol. The van der Waals surface area contributed by atoms with Crippen molar-refractivity contribution in [2.45, 2.75) is 57.5 Å². The third-order valence-electron chi connectivity index (χ3n) is 8.18. The van der Waals surface area contributed by atoms with Gasteiger partial charge in [0.25, 0.3) is 5.91 Å². The highest BCUT2D eigenvalue weighted by Crippen LogP contribution is 2.37. The van der Waals surface area contributed by atoms with Crippen LogP contribution >= 0.6 is 0 Å². The lowest BCUT2D eigenvalue weighted by molar-refractivity contribution is 0.0588. The normalized spacial score (nSPS) is 20.9. The first-order valence-electron chi connectivity index (χ1n) is 13.5. The molecule has 0 unspecified atom stereocenters. The van der Waals surface area contributed by atoms with Crippen LogP contribution in [0.3, 0.4) is 0 Å². The second kappa shape index (κ2) is 11.4. The fraction of sp³-hybridized carbons (Fsp3) is 0.406. The average Bonchev–Trinajstić information content (AvgIpc) is 3.31. The molecule has 1 saturated carbocycles. The number of rotatable bonds is 7. The van der Waals surface area contributed by atoms with Gasteiger partial charge in [-0.1, -0.05) is 79.9 Å². The highest BCUT2D eigenvalue weighted by Gasteiger charge is 2.38. The minimum Gasteiger partial charge on any atom is -0.335 e. The second-order valence-electron chi connectivity index (χ2n) is 10.6. The lowest BCUT2D eigenvalue weighted by atomic mass is 9.85. The summed E-state index contributed by atoms with van der Waals surface area (Å²) >= 11 is 0. The smallest absolute Gasteiger partial charge is 0.254 e. The Morgan fingerprint density at radius 1 is 0.889 bits per heavy atom. The molecular formula is C32H37FN2O. The number of amides is 1. The summed E-state index contributed by atoms with van der Waals surface area (Å²) in [5.74, 6) is 0.621. The minimum atomic E-state index is -0.142. The SMILES string of the molecule is Cc1ccccc1[C@@H]1CN(Cc2ccccc2F)C[C@H]1CN(C(=O)c1ccccc1)C1CCCCC1. The second-order valence-corrected chi connectivity index (χ2v) is 10.6. The maximum Gasteiger partial charge on any atom is 0.254 e. The van der Waals surface area contributed by atoms with Gasteiger partial charge >= 0.3 is 0 Å². The molecule has 0 aromatic heterocycles.